The molecule has 0 saturated heterocycles. The Kier molecular flexibility index (Phi) is 6.36. The van der Waals surface area contributed by atoms with E-state index in [1.165, 1.54) is 0 Å². The summed E-state index contributed by atoms with van der Waals surface area (Å²) >= 11 is 0. The lowest BCUT2D eigenvalue weighted by atomic mass is 10.2. The van der Waals surface area contributed by atoms with Crippen molar-refractivity contribution in [1.29, 1.82) is 0 Å². The van der Waals surface area contributed by atoms with Gasteiger partial charge in [0, 0.05) is 19.3 Å². The lowest BCUT2D eigenvalue weighted by Gasteiger charge is -2.08. The van der Waals surface area contributed by atoms with E-state index >= 15 is 0 Å². The molecule has 8 nitrogen and oxygen atoms in total. The zero-order valence-corrected chi connectivity index (χ0v) is 12.0. The topological polar surface area (TPSA) is 130 Å². The van der Waals surface area contributed by atoms with Crippen LogP contribution in [0.5, 0.6) is 0 Å². The molecule has 0 aliphatic rings. The average molecular weight is 301 g/mol. The van der Waals surface area contributed by atoms with Crippen LogP contribution in [-0.4, -0.2) is 43.8 Å². The molecule has 0 aromatic carbocycles. The summed E-state index contributed by atoms with van der Waals surface area (Å²) in [7, 11) is -3.13. The first-order chi connectivity index (χ1) is 9.44. The van der Waals surface area contributed by atoms with Crippen LogP contribution in [0.3, 0.4) is 0 Å². The summed E-state index contributed by atoms with van der Waals surface area (Å²) in [5, 5.41) is 14.7. The highest BCUT2D eigenvalue weighted by Crippen LogP contribution is 2.04. The minimum atomic E-state index is -3.13. The average Bonchev–Trinajstić information content (AvgIpc) is 2.41. The van der Waals surface area contributed by atoms with Gasteiger partial charge < -0.3 is 16.3 Å². The predicted octanol–water partition coefficient (Wildman–Crippen LogP) is -0.795. The van der Waals surface area contributed by atoms with Crippen molar-refractivity contribution in [2.45, 2.75) is 13.0 Å². The number of amidine groups is 1. The molecule has 1 heterocycles. The van der Waals surface area contributed by atoms with Gasteiger partial charge in [0.05, 0.1) is 6.26 Å². The summed E-state index contributed by atoms with van der Waals surface area (Å²) in [4.78, 5) is 4.05. The summed E-state index contributed by atoms with van der Waals surface area (Å²) in [6.07, 6.45) is 3.35. The third kappa shape index (κ3) is 5.95. The summed E-state index contributed by atoms with van der Waals surface area (Å²) in [5.74, 6) is -0.0406. The fraction of sp³-hybridized carbons (Fsp3) is 0.455. The molecule has 0 spiro atoms. The fourth-order valence-corrected chi connectivity index (χ4v) is 2.07. The van der Waals surface area contributed by atoms with Crippen molar-refractivity contribution in [3.05, 3.63) is 29.6 Å². The maximum absolute atomic E-state index is 10.8. The molecule has 0 aliphatic heterocycles. The predicted molar refractivity (Wildman–Crippen MR) is 75.9 cm³/mol. The summed E-state index contributed by atoms with van der Waals surface area (Å²) in [6.45, 7) is 1.51. The van der Waals surface area contributed by atoms with Crippen LogP contribution in [0.2, 0.25) is 0 Å². The van der Waals surface area contributed by atoms with Crippen molar-refractivity contribution >= 4 is 15.9 Å². The van der Waals surface area contributed by atoms with Gasteiger partial charge >= 0.3 is 0 Å². The number of nitrogens with one attached hydrogen (secondary N) is 2. The minimum Gasteiger partial charge on any atom is -0.409 e. The third-order valence-electron chi connectivity index (χ3n) is 2.45. The van der Waals surface area contributed by atoms with Gasteiger partial charge in [0.25, 0.3) is 0 Å². The Morgan fingerprint density at radius 2 is 2.25 bits per heavy atom. The molecule has 1 rings (SSSR count). The number of oxime groups is 1. The van der Waals surface area contributed by atoms with E-state index in [4.69, 9.17) is 10.9 Å². The molecular weight excluding hydrogens is 282 g/mol. The summed E-state index contributed by atoms with van der Waals surface area (Å²) < 4.78 is 24.1. The molecule has 112 valence electrons. The number of nitrogens with zero attached hydrogens (tertiary/aromatic N) is 2. The van der Waals surface area contributed by atoms with E-state index in [1.807, 2.05) is 6.07 Å². The van der Waals surface area contributed by atoms with Crippen LogP contribution in [0, 0.1) is 0 Å². The molecule has 0 radical (unpaired) electrons. The van der Waals surface area contributed by atoms with Crippen molar-refractivity contribution in [1.82, 2.24) is 15.0 Å². The number of aromatic nitrogens is 1. The SMILES string of the molecule is CS(=O)(=O)NCCCNCc1cccnc1/C(N)=N/O. The normalized spacial score (nSPS) is 12.6. The molecule has 0 fully saturated rings. The van der Waals surface area contributed by atoms with Crippen molar-refractivity contribution < 1.29 is 13.6 Å². The van der Waals surface area contributed by atoms with E-state index < -0.39 is 10.0 Å². The smallest absolute Gasteiger partial charge is 0.208 e. The molecular formula is C11H19N5O3S. The van der Waals surface area contributed by atoms with Gasteiger partial charge in [-0.2, -0.15) is 0 Å². The lowest BCUT2D eigenvalue weighted by Crippen LogP contribution is -2.27. The second-order valence-corrected chi connectivity index (χ2v) is 6.03. The number of hydrogen-bond acceptors (Lipinski definition) is 6. The van der Waals surface area contributed by atoms with Gasteiger partial charge in [-0.1, -0.05) is 11.2 Å². The molecule has 0 aliphatic carbocycles. The van der Waals surface area contributed by atoms with Gasteiger partial charge in [-0.15, -0.1) is 0 Å². The van der Waals surface area contributed by atoms with E-state index in [0.29, 0.717) is 31.7 Å². The fourth-order valence-electron chi connectivity index (χ4n) is 1.55. The van der Waals surface area contributed by atoms with E-state index in [1.54, 1.807) is 12.3 Å². The maximum Gasteiger partial charge on any atom is 0.208 e. The highest BCUT2D eigenvalue weighted by Gasteiger charge is 2.07. The molecule has 0 amide bonds. The first kappa shape index (κ1) is 16.3. The van der Waals surface area contributed by atoms with Crippen molar-refractivity contribution in [3.8, 4) is 0 Å². The molecule has 5 N–H and O–H groups in total. The van der Waals surface area contributed by atoms with Crippen LogP contribution < -0.4 is 15.8 Å². The standard InChI is InChI=1S/C11H19N5O3S/c1-20(18,19)15-7-3-5-13-8-9-4-2-6-14-10(9)11(12)16-17/h2,4,6,13,15,17H,3,5,7-8H2,1H3,(H2,12,16). The third-order valence-corrected chi connectivity index (χ3v) is 3.18. The molecule has 9 heteroatoms. The van der Waals surface area contributed by atoms with Gasteiger partial charge in [-0.3, -0.25) is 4.98 Å². The largest absolute Gasteiger partial charge is 0.409 e. The first-order valence-corrected chi connectivity index (χ1v) is 7.90. The number of rotatable bonds is 8. The molecule has 20 heavy (non-hydrogen) atoms. The van der Waals surface area contributed by atoms with Gasteiger partial charge in [-0.25, -0.2) is 13.1 Å². The Bertz CT molecular complexity index is 559. The Balaban J connectivity index is 2.39. The monoisotopic (exact) mass is 301 g/mol. The minimum absolute atomic E-state index is 0.0406. The molecule has 1 aromatic heterocycles. The second kappa shape index (κ2) is 7.78. The first-order valence-electron chi connectivity index (χ1n) is 6.01. The van der Waals surface area contributed by atoms with Crippen LogP contribution >= 0.6 is 0 Å². The Morgan fingerprint density at radius 1 is 1.50 bits per heavy atom. The molecule has 0 saturated carbocycles. The second-order valence-electron chi connectivity index (χ2n) is 4.19. The van der Waals surface area contributed by atoms with Gasteiger partial charge in [0.15, 0.2) is 5.84 Å². The van der Waals surface area contributed by atoms with E-state index in [2.05, 4.69) is 20.2 Å². The van der Waals surface area contributed by atoms with E-state index in [-0.39, 0.29) is 5.84 Å². The Morgan fingerprint density at radius 3 is 2.90 bits per heavy atom. The van der Waals surface area contributed by atoms with Gasteiger partial charge in [0.1, 0.15) is 5.69 Å². The molecule has 0 unspecified atom stereocenters. The number of pyridine rings is 1. The zero-order valence-electron chi connectivity index (χ0n) is 11.2. The Labute approximate surface area is 118 Å². The van der Waals surface area contributed by atoms with Crippen molar-refractivity contribution in [2.24, 2.45) is 10.9 Å². The number of hydrogen-bond donors (Lipinski definition) is 4. The summed E-state index contributed by atoms with van der Waals surface area (Å²) in [5.41, 5.74) is 6.76. The van der Waals surface area contributed by atoms with Crippen LogP contribution in [0.4, 0.5) is 0 Å². The van der Waals surface area contributed by atoms with Gasteiger partial charge in [-0.05, 0) is 24.6 Å². The van der Waals surface area contributed by atoms with E-state index in [0.717, 1.165) is 11.8 Å². The van der Waals surface area contributed by atoms with Crippen molar-refractivity contribution in [3.63, 3.8) is 0 Å². The Hall–Kier alpha value is -1.71. The number of nitrogens with two attached hydrogens (primary N) is 1. The quantitative estimate of drug-likeness (QED) is 0.164. The maximum atomic E-state index is 10.8. The zero-order chi connectivity index (χ0) is 15.0. The van der Waals surface area contributed by atoms with E-state index in [9.17, 15) is 8.42 Å². The van der Waals surface area contributed by atoms with Crippen LogP contribution in [-0.2, 0) is 16.6 Å². The van der Waals surface area contributed by atoms with Crippen LogP contribution in [0.25, 0.3) is 0 Å². The highest BCUT2D eigenvalue weighted by molar-refractivity contribution is 7.88. The number of sulfonamides is 1. The van der Waals surface area contributed by atoms with Crippen molar-refractivity contribution in [2.75, 3.05) is 19.3 Å². The van der Waals surface area contributed by atoms with Crippen LogP contribution in [0.15, 0.2) is 23.5 Å². The summed E-state index contributed by atoms with van der Waals surface area (Å²) in [6, 6.07) is 3.58. The lowest BCUT2D eigenvalue weighted by molar-refractivity contribution is 0.318. The van der Waals surface area contributed by atoms with Crippen LogP contribution in [0.1, 0.15) is 17.7 Å². The van der Waals surface area contributed by atoms with Gasteiger partial charge in [0.2, 0.25) is 10.0 Å². The molecule has 1 aromatic rings. The molecule has 0 atom stereocenters. The molecule has 0 bridgehead atoms. The highest BCUT2D eigenvalue weighted by atomic mass is 32.2.